The number of anilines is 3. The highest BCUT2D eigenvalue weighted by atomic mass is 32.2. The molecule has 0 saturated carbocycles. The van der Waals surface area contributed by atoms with Gasteiger partial charge in [-0.15, -0.1) is 0 Å². The molecule has 0 unspecified atom stereocenters. The maximum atomic E-state index is 12.7. The van der Waals surface area contributed by atoms with Crippen molar-refractivity contribution in [1.82, 2.24) is 14.4 Å². The van der Waals surface area contributed by atoms with Crippen LogP contribution in [0.1, 0.15) is 0 Å². The van der Waals surface area contributed by atoms with Crippen molar-refractivity contribution in [2.75, 3.05) is 31.4 Å². The lowest BCUT2D eigenvalue weighted by Crippen LogP contribution is -2.36. The lowest BCUT2D eigenvalue weighted by molar-refractivity contribution is -0.219. The van der Waals surface area contributed by atoms with Crippen LogP contribution >= 0.6 is 0 Å². The molecule has 0 fully saturated rings. The first-order chi connectivity index (χ1) is 14.9. The standard InChI is InChI=1S/C19H18F3N5O4S/c1-26(2)16-9-8-12(32(29,30)27(3)31-18(28)19(20,21)22)10-15(16)25-17-13-6-4-5-7-14(13)23-11-24-17/h4-11H,1-3H3,(H,23,24,25). The fraction of sp³-hybridized carbons (Fsp3) is 0.211. The van der Waals surface area contributed by atoms with Crippen LogP contribution in [0.5, 0.6) is 0 Å². The quantitative estimate of drug-likeness (QED) is 0.550. The molecular formula is C19H18F3N5O4S. The third-order valence-electron chi connectivity index (χ3n) is 4.32. The SMILES string of the molecule is CN(C)c1ccc(S(=O)(=O)N(C)OC(=O)C(F)(F)F)cc1Nc1ncnc2ccccc12. The summed E-state index contributed by atoms with van der Waals surface area (Å²) >= 11 is 0. The first-order valence-electron chi connectivity index (χ1n) is 8.97. The van der Waals surface area contributed by atoms with Crippen LogP contribution in [0.15, 0.2) is 53.7 Å². The first kappa shape index (κ1) is 23.2. The molecule has 9 nitrogen and oxygen atoms in total. The molecule has 32 heavy (non-hydrogen) atoms. The minimum absolute atomic E-state index is 0.128. The molecule has 0 spiro atoms. The summed E-state index contributed by atoms with van der Waals surface area (Å²) in [4.78, 5) is 24.7. The Balaban J connectivity index is 2.01. The van der Waals surface area contributed by atoms with Gasteiger partial charge in [0.15, 0.2) is 0 Å². The van der Waals surface area contributed by atoms with E-state index in [1.807, 2.05) is 0 Å². The number of benzene rings is 2. The normalized spacial score (nSPS) is 12.1. The number of sulfonamides is 1. The summed E-state index contributed by atoms with van der Waals surface area (Å²) in [7, 11) is -0.444. The number of hydrogen-bond acceptors (Lipinski definition) is 8. The van der Waals surface area contributed by atoms with E-state index >= 15 is 0 Å². The monoisotopic (exact) mass is 469 g/mol. The number of para-hydroxylation sites is 1. The molecule has 0 aliphatic rings. The Hall–Kier alpha value is -3.45. The number of rotatable bonds is 6. The molecule has 0 atom stereocenters. The van der Waals surface area contributed by atoms with Gasteiger partial charge in [-0.25, -0.2) is 23.2 Å². The second-order valence-corrected chi connectivity index (χ2v) is 8.66. The number of hydroxylamine groups is 1. The van der Waals surface area contributed by atoms with Gasteiger partial charge >= 0.3 is 12.1 Å². The number of aromatic nitrogens is 2. The topological polar surface area (TPSA) is 105 Å². The lowest BCUT2D eigenvalue weighted by Gasteiger charge is -2.21. The van der Waals surface area contributed by atoms with E-state index in [2.05, 4.69) is 20.1 Å². The first-order valence-corrected chi connectivity index (χ1v) is 10.4. The van der Waals surface area contributed by atoms with Crippen LogP contribution < -0.4 is 10.2 Å². The number of carbonyl (C=O) groups excluding carboxylic acids is 1. The Morgan fingerprint density at radius 2 is 1.75 bits per heavy atom. The van der Waals surface area contributed by atoms with Crippen molar-refractivity contribution < 1.29 is 31.2 Å². The molecule has 0 aliphatic carbocycles. The van der Waals surface area contributed by atoms with Gasteiger partial charge in [-0.1, -0.05) is 12.1 Å². The Morgan fingerprint density at radius 1 is 1.06 bits per heavy atom. The van der Waals surface area contributed by atoms with Crippen LogP contribution in [-0.4, -0.2) is 56.1 Å². The van der Waals surface area contributed by atoms with Crippen LogP contribution in [0, 0.1) is 0 Å². The summed E-state index contributed by atoms with van der Waals surface area (Å²) in [5.41, 5.74) is 1.52. The van der Waals surface area contributed by atoms with E-state index in [1.54, 1.807) is 43.3 Å². The number of nitrogens with zero attached hydrogens (tertiary/aromatic N) is 4. The maximum Gasteiger partial charge on any atom is 0.492 e. The molecule has 3 aromatic rings. The molecular weight excluding hydrogens is 451 g/mol. The highest BCUT2D eigenvalue weighted by molar-refractivity contribution is 7.89. The number of nitrogens with one attached hydrogen (secondary N) is 1. The van der Waals surface area contributed by atoms with Crippen molar-refractivity contribution in [2.24, 2.45) is 0 Å². The highest BCUT2D eigenvalue weighted by Gasteiger charge is 2.43. The second kappa shape index (κ2) is 8.59. The highest BCUT2D eigenvalue weighted by Crippen LogP contribution is 2.33. The Bertz CT molecular complexity index is 1260. The Labute approximate surface area is 181 Å². The van der Waals surface area contributed by atoms with Crippen molar-refractivity contribution in [1.29, 1.82) is 0 Å². The summed E-state index contributed by atoms with van der Waals surface area (Å²) < 4.78 is 62.6. The van der Waals surface area contributed by atoms with Crippen LogP contribution in [0.2, 0.25) is 0 Å². The molecule has 0 aliphatic heterocycles. The molecule has 13 heteroatoms. The predicted octanol–water partition coefficient (Wildman–Crippen LogP) is 3.08. The van der Waals surface area contributed by atoms with Crippen molar-refractivity contribution in [3.63, 3.8) is 0 Å². The van der Waals surface area contributed by atoms with E-state index in [4.69, 9.17) is 0 Å². The minimum atomic E-state index is -5.35. The molecule has 0 amide bonds. The number of carbonyl (C=O) groups is 1. The van der Waals surface area contributed by atoms with Crippen LogP contribution in [-0.2, 0) is 19.7 Å². The van der Waals surface area contributed by atoms with Gasteiger partial charge < -0.3 is 15.1 Å². The van der Waals surface area contributed by atoms with Gasteiger partial charge in [0.25, 0.3) is 10.0 Å². The zero-order valence-electron chi connectivity index (χ0n) is 17.1. The fourth-order valence-corrected chi connectivity index (χ4v) is 3.73. The molecule has 1 heterocycles. The molecule has 1 aromatic heterocycles. The van der Waals surface area contributed by atoms with Gasteiger partial charge in [0.2, 0.25) is 0 Å². The Kier molecular flexibility index (Phi) is 6.23. The average molecular weight is 469 g/mol. The molecule has 0 bridgehead atoms. The Morgan fingerprint density at radius 3 is 2.41 bits per heavy atom. The summed E-state index contributed by atoms with van der Waals surface area (Å²) in [6.07, 6.45) is -4.01. The zero-order chi connectivity index (χ0) is 23.7. The number of halogens is 3. The smallest absolute Gasteiger partial charge is 0.376 e. The average Bonchev–Trinajstić information content (AvgIpc) is 2.73. The molecule has 0 saturated heterocycles. The van der Waals surface area contributed by atoms with Crippen LogP contribution in [0.25, 0.3) is 10.9 Å². The van der Waals surface area contributed by atoms with Gasteiger partial charge in [-0.3, -0.25) is 0 Å². The maximum absolute atomic E-state index is 12.7. The zero-order valence-corrected chi connectivity index (χ0v) is 17.9. The van der Waals surface area contributed by atoms with Gasteiger partial charge in [0.1, 0.15) is 12.1 Å². The van der Waals surface area contributed by atoms with Crippen molar-refractivity contribution in [3.8, 4) is 0 Å². The van der Waals surface area contributed by atoms with Gasteiger partial charge in [0, 0.05) is 26.5 Å². The molecule has 0 radical (unpaired) electrons. The number of hydrogen-bond donors (Lipinski definition) is 1. The van der Waals surface area contributed by atoms with E-state index in [0.29, 0.717) is 35.1 Å². The van der Waals surface area contributed by atoms with Crippen molar-refractivity contribution in [2.45, 2.75) is 11.1 Å². The van der Waals surface area contributed by atoms with Gasteiger partial charge in [0.05, 0.1) is 21.8 Å². The predicted molar refractivity (Wildman–Crippen MR) is 111 cm³/mol. The third kappa shape index (κ3) is 4.73. The number of fused-ring (bicyclic) bond motifs is 1. The third-order valence-corrected chi connectivity index (χ3v) is 5.93. The minimum Gasteiger partial charge on any atom is -0.376 e. The van der Waals surface area contributed by atoms with E-state index in [0.717, 1.165) is 0 Å². The summed E-state index contributed by atoms with van der Waals surface area (Å²) in [5, 5.41) is 3.72. The molecule has 170 valence electrons. The van der Waals surface area contributed by atoms with Crippen molar-refractivity contribution >= 4 is 44.1 Å². The summed E-state index contributed by atoms with van der Waals surface area (Å²) in [5.74, 6) is -2.26. The van der Waals surface area contributed by atoms with Crippen LogP contribution in [0.4, 0.5) is 30.4 Å². The second-order valence-electron chi connectivity index (χ2n) is 6.73. The molecule has 1 N–H and O–H groups in total. The van der Waals surface area contributed by atoms with Crippen molar-refractivity contribution in [3.05, 3.63) is 48.8 Å². The summed E-state index contributed by atoms with van der Waals surface area (Å²) in [6.45, 7) is 0. The van der Waals surface area contributed by atoms with Gasteiger partial charge in [-0.2, -0.15) is 13.2 Å². The van der Waals surface area contributed by atoms with E-state index in [1.165, 1.54) is 24.5 Å². The lowest BCUT2D eigenvalue weighted by atomic mass is 10.2. The van der Waals surface area contributed by atoms with E-state index < -0.39 is 27.1 Å². The molecule has 3 rings (SSSR count). The summed E-state index contributed by atoms with van der Waals surface area (Å²) in [6, 6.07) is 11.0. The largest absolute Gasteiger partial charge is 0.492 e. The molecule has 2 aromatic carbocycles. The van der Waals surface area contributed by atoms with E-state index in [9.17, 15) is 26.4 Å². The van der Waals surface area contributed by atoms with E-state index in [-0.39, 0.29) is 4.47 Å². The van der Waals surface area contributed by atoms with Crippen LogP contribution in [0.3, 0.4) is 0 Å². The fourth-order valence-electron chi connectivity index (χ4n) is 2.76. The number of alkyl halides is 3. The van der Waals surface area contributed by atoms with Gasteiger partial charge in [-0.05, 0) is 34.8 Å².